The molecule has 0 atom stereocenters. The van der Waals surface area contributed by atoms with Gasteiger partial charge in [-0.1, -0.05) is 0 Å². The van der Waals surface area contributed by atoms with E-state index in [4.69, 9.17) is 4.74 Å². The summed E-state index contributed by atoms with van der Waals surface area (Å²) >= 11 is 4.94. The van der Waals surface area contributed by atoms with E-state index in [0.717, 1.165) is 59.5 Å². The van der Waals surface area contributed by atoms with E-state index in [0.29, 0.717) is 18.3 Å². The second-order valence-corrected chi connectivity index (χ2v) is 9.41. The van der Waals surface area contributed by atoms with Gasteiger partial charge in [0, 0.05) is 37.8 Å². The maximum absolute atomic E-state index is 12.4. The Morgan fingerprint density at radius 3 is 2.83 bits per heavy atom. The Bertz CT molecular complexity index is 1030. The normalized spacial score (nSPS) is 15.8. The first kappa shape index (κ1) is 20.5. The van der Waals surface area contributed by atoms with Crippen LogP contribution in [0.25, 0.3) is 11.0 Å². The van der Waals surface area contributed by atoms with Crippen LogP contribution in [0, 0.1) is 0 Å². The number of hydrogen-bond donors (Lipinski definition) is 1. The average Bonchev–Trinajstić information content (AvgIpc) is 3.17. The summed E-state index contributed by atoms with van der Waals surface area (Å²) in [6, 6.07) is 7.83. The van der Waals surface area contributed by atoms with E-state index in [9.17, 15) is 4.79 Å². The van der Waals surface area contributed by atoms with Gasteiger partial charge >= 0.3 is 0 Å². The molecule has 0 bridgehead atoms. The zero-order valence-electron chi connectivity index (χ0n) is 16.3. The fourth-order valence-electron chi connectivity index (χ4n) is 3.71. The molecule has 0 unspecified atom stereocenters. The van der Waals surface area contributed by atoms with Crippen molar-refractivity contribution in [3.8, 4) is 5.75 Å². The molecule has 0 amide bonds. The highest BCUT2D eigenvalue weighted by atomic mass is 79.9. The Kier molecular flexibility index (Phi) is 6.59. The van der Waals surface area contributed by atoms with Gasteiger partial charge in [-0.3, -0.25) is 9.78 Å². The van der Waals surface area contributed by atoms with Gasteiger partial charge in [0.15, 0.2) is 0 Å². The Morgan fingerprint density at radius 2 is 2.10 bits per heavy atom. The fraction of sp³-hybridized carbons (Fsp3) is 0.450. The van der Waals surface area contributed by atoms with Crippen LogP contribution in [0.15, 0.2) is 39.0 Å². The quantitative estimate of drug-likeness (QED) is 0.563. The highest BCUT2D eigenvalue weighted by Gasteiger charge is 2.19. The van der Waals surface area contributed by atoms with Crippen LogP contribution in [0.4, 0.5) is 0 Å². The first-order chi connectivity index (χ1) is 14.1. The van der Waals surface area contributed by atoms with Crippen LogP contribution in [-0.4, -0.2) is 51.6 Å². The van der Waals surface area contributed by atoms with Crippen molar-refractivity contribution in [2.45, 2.75) is 32.0 Å². The molecule has 154 valence electrons. The van der Waals surface area contributed by atoms with Gasteiger partial charge in [-0.05, 0) is 65.5 Å². The molecule has 9 heteroatoms. The predicted octanol–water partition coefficient (Wildman–Crippen LogP) is 2.88. The van der Waals surface area contributed by atoms with E-state index in [1.807, 2.05) is 6.07 Å². The van der Waals surface area contributed by atoms with E-state index < -0.39 is 0 Å². The zero-order valence-corrected chi connectivity index (χ0v) is 18.7. The lowest BCUT2D eigenvalue weighted by atomic mass is 10.0. The molecule has 0 aliphatic carbocycles. The monoisotopic (exact) mass is 477 g/mol. The molecule has 1 N–H and O–H groups in total. The number of fused-ring (bicyclic) bond motifs is 1. The van der Waals surface area contributed by atoms with Crippen LogP contribution < -0.4 is 15.6 Å². The van der Waals surface area contributed by atoms with E-state index in [2.05, 4.69) is 41.6 Å². The molecule has 0 saturated carbocycles. The number of rotatable bonds is 7. The summed E-state index contributed by atoms with van der Waals surface area (Å²) in [4.78, 5) is 19.3. The molecule has 3 aromatic rings. The van der Waals surface area contributed by atoms with Crippen LogP contribution in [0.1, 0.15) is 18.5 Å². The van der Waals surface area contributed by atoms with E-state index in [1.165, 1.54) is 11.5 Å². The Labute approximate surface area is 182 Å². The number of aromatic nitrogens is 3. The van der Waals surface area contributed by atoms with Crippen LogP contribution in [0.2, 0.25) is 0 Å². The minimum Gasteiger partial charge on any atom is -0.495 e. The summed E-state index contributed by atoms with van der Waals surface area (Å²) in [5.41, 5.74) is 2.71. The van der Waals surface area contributed by atoms with Crippen molar-refractivity contribution in [3.63, 3.8) is 0 Å². The van der Waals surface area contributed by atoms with Crippen molar-refractivity contribution < 1.29 is 4.74 Å². The maximum atomic E-state index is 12.4. The molecule has 0 aromatic carbocycles. The molecular formula is C20H24BrN5O2S. The topological polar surface area (TPSA) is 72.3 Å². The number of hydrogen-bond acceptors (Lipinski definition) is 7. The number of piperidine rings is 1. The second kappa shape index (κ2) is 9.34. The minimum atomic E-state index is -0.00136. The Hall–Kier alpha value is -1.81. The predicted molar refractivity (Wildman–Crippen MR) is 119 cm³/mol. The summed E-state index contributed by atoms with van der Waals surface area (Å²) in [5.74, 6) is 0.663. The van der Waals surface area contributed by atoms with Gasteiger partial charge in [0.25, 0.3) is 5.56 Å². The SMILES string of the molecule is COc1cnc2ccc(=O)n(CCN3CCC(NCc4cc(Br)sn4)CC3)c2c1. The summed E-state index contributed by atoms with van der Waals surface area (Å²) in [6.45, 7) is 4.37. The molecule has 1 aliphatic rings. The van der Waals surface area contributed by atoms with Gasteiger partial charge in [-0.2, -0.15) is 4.37 Å². The van der Waals surface area contributed by atoms with E-state index in [1.54, 1.807) is 30.0 Å². The Morgan fingerprint density at radius 1 is 1.28 bits per heavy atom. The number of ether oxygens (including phenoxy) is 1. The summed E-state index contributed by atoms with van der Waals surface area (Å²) in [5, 5.41) is 3.61. The number of methoxy groups -OCH3 is 1. The lowest BCUT2D eigenvalue weighted by Gasteiger charge is -2.32. The van der Waals surface area contributed by atoms with Crippen molar-refractivity contribution in [3.05, 3.63) is 50.3 Å². The zero-order chi connectivity index (χ0) is 20.2. The molecule has 7 nitrogen and oxygen atoms in total. The third-order valence-electron chi connectivity index (χ3n) is 5.38. The number of nitrogens with one attached hydrogen (secondary N) is 1. The first-order valence-electron chi connectivity index (χ1n) is 9.73. The molecular weight excluding hydrogens is 454 g/mol. The van der Waals surface area contributed by atoms with Crippen molar-refractivity contribution in [2.24, 2.45) is 0 Å². The van der Waals surface area contributed by atoms with Gasteiger partial charge in [-0.25, -0.2) is 0 Å². The summed E-state index contributed by atoms with van der Waals surface area (Å²) < 4.78 is 12.5. The van der Waals surface area contributed by atoms with E-state index in [-0.39, 0.29) is 5.56 Å². The van der Waals surface area contributed by atoms with Gasteiger partial charge in [0.1, 0.15) is 5.75 Å². The van der Waals surface area contributed by atoms with Crippen molar-refractivity contribution in [1.29, 1.82) is 0 Å². The lowest BCUT2D eigenvalue weighted by molar-refractivity contribution is 0.191. The van der Waals surface area contributed by atoms with Crippen molar-refractivity contribution in [2.75, 3.05) is 26.7 Å². The standard InChI is InChI=1S/C20H24BrN5O2S/c1-28-16-11-18-17(23-13-16)2-3-20(27)26(18)9-8-25-6-4-14(5-7-25)22-12-15-10-19(21)29-24-15/h2-3,10-11,13-14,22H,4-9,12H2,1H3. The number of pyridine rings is 2. The lowest BCUT2D eigenvalue weighted by Crippen LogP contribution is -2.43. The van der Waals surface area contributed by atoms with Crippen LogP contribution >= 0.6 is 27.5 Å². The molecule has 3 aromatic heterocycles. The van der Waals surface area contributed by atoms with Gasteiger partial charge in [-0.15, -0.1) is 0 Å². The largest absolute Gasteiger partial charge is 0.495 e. The van der Waals surface area contributed by atoms with E-state index >= 15 is 0 Å². The molecule has 0 spiro atoms. The highest BCUT2D eigenvalue weighted by molar-refractivity contribution is 9.11. The van der Waals surface area contributed by atoms with Gasteiger partial charge in [0.05, 0.1) is 33.8 Å². The maximum Gasteiger partial charge on any atom is 0.251 e. The molecule has 1 aliphatic heterocycles. The van der Waals surface area contributed by atoms with Gasteiger partial charge in [0.2, 0.25) is 0 Å². The Balaban J connectivity index is 1.32. The minimum absolute atomic E-state index is 0.00136. The second-order valence-electron chi connectivity index (χ2n) is 7.22. The van der Waals surface area contributed by atoms with Crippen molar-refractivity contribution in [1.82, 2.24) is 24.1 Å². The molecule has 1 saturated heterocycles. The summed E-state index contributed by atoms with van der Waals surface area (Å²) in [6.07, 6.45) is 3.88. The van der Waals surface area contributed by atoms with Gasteiger partial charge < -0.3 is 19.5 Å². The number of nitrogens with zero attached hydrogens (tertiary/aromatic N) is 4. The highest BCUT2D eigenvalue weighted by Crippen LogP contribution is 2.19. The molecule has 0 radical (unpaired) electrons. The fourth-order valence-corrected chi connectivity index (χ4v) is 4.70. The molecule has 4 rings (SSSR count). The number of halogens is 1. The van der Waals surface area contributed by atoms with Crippen LogP contribution in [0.3, 0.4) is 0 Å². The smallest absolute Gasteiger partial charge is 0.251 e. The molecule has 1 fully saturated rings. The summed E-state index contributed by atoms with van der Waals surface area (Å²) in [7, 11) is 1.61. The average molecular weight is 478 g/mol. The third kappa shape index (κ3) is 5.03. The van der Waals surface area contributed by atoms with Crippen molar-refractivity contribution >= 4 is 38.5 Å². The van der Waals surface area contributed by atoms with Crippen LogP contribution in [-0.2, 0) is 13.1 Å². The first-order valence-corrected chi connectivity index (χ1v) is 11.3. The molecule has 4 heterocycles. The third-order valence-corrected chi connectivity index (χ3v) is 6.66. The molecule has 29 heavy (non-hydrogen) atoms. The number of likely N-dealkylation sites (tertiary alicyclic amines) is 1. The van der Waals surface area contributed by atoms with Crippen LogP contribution in [0.5, 0.6) is 5.75 Å².